The zero-order chi connectivity index (χ0) is 12.4. The molecule has 0 saturated heterocycles. The second kappa shape index (κ2) is 4.76. The van der Waals surface area contributed by atoms with Gasteiger partial charge in [-0.1, -0.05) is 23.8 Å². The first-order valence-corrected chi connectivity index (χ1v) is 5.92. The van der Waals surface area contributed by atoms with Crippen molar-refractivity contribution in [2.75, 3.05) is 7.05 Å². The molecule has 0 aliphatic heterocycles. The fourth-order valence-corrected chi connectivity index (χ4v) is 2.18. The molecule has 1 aromatic carbocycles. The highest BCUT2D eigenvalue weighted by molar-refractivity contribution is 5.38. The van der Waals surface area contributed by atoms with Gasteiger partial charge in [-0.05, 0) is 50.6 Å². The fourth-order valence-electron chi connectivity index (χ4n) is 2.18. The number of benzene rings is 1. The van der Waals surface area contributed by atoms with Gasteiger partial charge in [0.2, 0.25) is 0 Å². The summed E-state index contributed by atoms with van der Waals surface area (Å²) in [4.78, 5) is 0. The average molecular weight is 229 g/mol. The number of aryl methyl sites for hydroxylation is 3. The fraction of sp³-hybridized carbons (Fsp3) is 0.333. The molecule has 1 atom stereocenters. The molecule has 0 aliphatic carbocycles. The molecule has 1 heterocycles. The van der Waals surface area contributed by atoms with Gasteiger partial charge in [-0.15, -0.1) is 0 Å². The van der Waals surface area contributed by atoms with Gasteiger partial charge < -0.3 is 9.73 Å². The molecule has 17 heavy (non-hydrogen) atoms. The van der Waals surface area contributed by atoms with Crippen molar-refractivity contribution in [1.29, 1.82) is 0 Å². The quantitative estimate of drug-likeness (QED) is 0.871. The Morgan fingerprint density at radius 2 is 1.82 bits per heavy atom. The molecule has 2 rings (SSSR count). The third-order valence-corrected chi connectivity index (χ3v) is 3.20. The molecule has 1 aromatic heterocycles. The molecule has 1 N–H and O–H groups in total. The Morgan fingerprint density at radius 3 is 2.41 bits per heavy atom. The van der Waals surface area contributed by atoms with Crippen molar-refractivity contribution in [2.45, 2.75) is 26.8 Å². The van der Waals surface area contributed by atoms with Gasteiger partial charge in [-0.2, -0.15) is 0 Å². The zero-order valence-electron chi connectivity index (χ0n) is 10.9. The third-order valence-electron chi connectivity index (χ3n) is 3.20. The summed E-state index contributed by atoms with van der Waals surface area (Å²) < 4.78 is 5.60. The Morgan fingerprint density at radius 1 is 1.06 bits per heavy atom. The van der Waals surface area contributed by atoms with Gasteiger partial charge in [0.05, 0.1) is 12.3 Å². The minimum Gasteiger partial charge on any atom is -0.467 e. The molecule has 0 bridgehead atoms. The van der Waals surface area contributed by atoms with Crippen LogP contribution in [0.4, 0.5) is 0 Å². The Labute approximate surface area is 103 Å². The predicted molar refractivity (Wildman–Crippen MR) is 70.3 cm³/mol. The van der Waals surface area contributed by atoms with Gasteiger partial charge in [-0.3, -0.25) is 0 Å². The standard InChI is InChI=1S/C15H19NO/c1-10-5-6-11(2)13(9-10)14(16-4)15-12(3)7-8-17-15/h5-9,14,16H,1-4H3. The first kappa shape index (κ1) is 11.9. The molecule has 1 unspecified atom stereocenters. The van der Waals surface area contributed by atoms with E-state index in [4.69, 9.17) is 4.42 Å². The smallest absolute Gasteiger partial charge is 0.128 e. The predicted octanol–water partition coefficient (Wildman–Crippen LogP) is 3.51. The molecule has 2 nitrogen and oxygen atoms in total. The van der Waals surface area contributed by atoms with E-state index in [0.29, 0.717) is 0 Å². The largest absolute Gasteiger partial charge is 0.467 e. The monoisotopic (exact) mass is 229 g/mol. The van der Waals surface area contributed by atoms with Crippen LogP contribution >= 0.6 is 0 Å². The summed E-state index contributed by atoms with van der Waals surface area (Å²) >= 11 is 0. The van der Waals surface area contributed by atoms with Crippen molar-refractivity contribution in [1.82, 2.24) is 5.32 Å². The first-order chi connectivity index (χ1) is 8.13. The molecule has 0 amide bonds. The van der Waals surface area contributed by atoms with E-state index in [2.05, 4.69) is 44.3 Å². The van der Waals surface area contributed by atoms with E-state index in [0.717, 1.165) is 5.76 Å². The van der Waals surface area contributed by atoms with Crippen LogP contribution in [-0.2, 0) is 0 Å². The van der Waals surface area contributed by atoms with E-state index in [9.17, 15) is 0 Å². The first-order valence-electron chi connectivity index (χ1n) is 5.92. The maximum Gasteiger partial charge on any atom is 0.128 e. The lowest BCUT2D eigenvalue weighted by Crippen LogP contribution is -2.19. The van der Waals surface area contributed by atoms with E-state index >= 15 is 0 Å². The lowest BCUT2D eigenvalue weighted by Gasteiger charge is -2.18. The van der Waals surface area contributed by atoms with Crippen molar-refractivity contribution in [2.24, 2.45) is 0 Å². The van der Waals surface area contributed by atoms with Crippen LogP contribution in [0.2, 0.25) is 0 Å². The minimum absolute atomic E-state index is 0.130. The second-order valence-corrected chi connectivity index (χ2v) is 4.55. The maximum atomic E-state index is 5.60. The van der Waals surface area contributed by atoms with Crippen LogP contribution in [0.15, 0.2) is 34.9 Å². The van der Waals surface area contributed by atoms with Crippen LogP contribution in [0, 0.1) is 20.8 Å². The Bertz CT molecular complexity index is 513. The van der Waals surface area contributed by atoms with E-state index in [-0.39, 0.29) is 6.04 Å². The summed E-state index contributed by atoms with van der Waals surface area (Å²) in [6.45, 7) is 6.33. The average Bonchev–Trinajstić information content (AvgIpc) is 2.71. The van der Waals surface area contributed by atoms with Crippen molar-refractivity contribution in [3.63, 3.8) is 0 Å². The molecule has 0 radical (unpaired) electrons. The van der Waals surface area contributed by atoms with Crippen molar-refractivity contribution >= 4 is 0 Å². The van der Waals surface area contributed by atoms with Crippen LogP contribution in [0.5, 0.6) is 0 Å². The van der Waals surface area contributed by atoms with Crippen LogP contribution < -0.4 is 5.32 Å². The number of rotatable bonds is 3. The summed E-state index contributed by atoms with van der Waals surface area (Å²) in [7, 11) is 1.97. The summed E-state index contributed by atoms with van der Waals surface area (Å²) in [6, 6.07) is 8.65. The molecule has 2 heteroatoms. The molecule has 0 aliphatic rings. The van der Waals surface area contributed by atoms with Crippen LogP contribution in [0.3, 0.4) is 0 Å². The summed E-state index contributed by atoms with van der Waals surface area (Å²) in [6.07, 6.45) is 1.75. The summed E-state index contributed by atoms with van der Waals surface area (Å²) in [5.74, 6) is 1.00. The Kier molecular flexibility index (Phi) is 3.34. The van der Waals surface area contributed by atoms with E-state index in [1.54, 1.807) is 6.26 Å². The van der Waals surface area contributed by atoms with E-state index < -0.39 is 0 Å². The lowest BCUT2D eigenvalue weighted by atomic mass is 9.96. The van der Waals surface area contributed by atoms with Gasteiger partial charge >= 0.3 is 0 Å². The van der Waals surface area contributed by atoms with Crippen molar-refractivity contribution in [3.05, 3.63) is 58.5 Å². The molecule has 90 valence electrons. The van der Waals surface area contributed by atoms with Gasteiger partial charge in [0, 0.05) is 0 Å². The van der Waals surface area contributed by atoms with Crippen molar-refractivity contribution in [3.8, 4) is 0 Å². The minimum atomic E-state index is 0.130. The second-order valence-electron chi connectivity index (χ2n) is 4.55. The van der Waals surface area contributed by atoms with Crippen molar-refractivity contribution < 1.29 is 4.42 Å². The van der Waals surface area contributed by atoms with Gasteiger partial charge in [0.1, 0.15) is 5.76 Å². The highest BCUT2D eigenvalue weighted by Crippen LogP contribution is 2.28. The Balaban J connectivity index is 2.49. The van der Waals surface area contributed by atoms with Crippen LogP contribution in [-0.4, -0.2) is 7.05 Å². The number of hydrogen-bond acceptors (Lipinski definition) is 2. The van der Waals surface area contributed by atoms with Gasteiger partial charge in [0.15, 0.2) is 0 Å². The highest BCUT2D eigenvalue weighted by atomic mass is 16.3. The molecule has 0 fully saturated rings. The van der Waals surface area contributed by atoms with Gasteiger partial charge in [-0.25, -0.2) is 0 Å². The molecule has 0 spiro atoms. The topological polar surface area (TPSA) is 25.2 Å². The highest BCUT2D eigenvalue weighted by Gasteiger charge is 2.19. The summed E-state index contributed by atoms with van der Waals surface area (Å²) in [5.41, 5.74) is 5.02. The molecule has 0 saturated carbocycles. The zero-order valence-corrected chi connectivity index (χ0v) is 10.9. The molecular formula is C15H19NO. The molecular weight excluding hydrogens is 210 g/mol. The molecule has 2 aromatic rings. The van der Waals surface area contributed by atoms with Crippen LogP contribution in [0.25, 0.3) is 0 Å². The van der Waals surface area contributed by atoms with E-state index in [1.807, 2.05) is 13.1 Å². The van der Waals surface area contributed by atoms with E-state index in [1.165, 1.54) is 22.3 Å². The lowest BCUT2D eigenvalue weighted by molar-refractivity contribution is 0.459. The Hall–Kier alpha value is -1.54. The third kappa shape index (κ3) is 2.27. The number of hydrogen-bond donors (Lipinski definition) is 1. The normalized spacial score (nSPS) is 12.7. The number of nitrogens with one attached hydrogen (secondary N) is 1. The maximum absolute atomic E-state index is 5.60. The number of furan rings is 1. The summed E-state index contributed by atoms with van der Waals surface area (Å²) in [5, 5.41) is 3.34. The van der Waals surface area contributed by atoms with Gasteiger partial charge in [0.25, 0.3) is 0 Å². The van der Waals surface area contributed by atoms with Crippen LogP contribution in [0.1, 0.15) is 34.1 Å². The SMILES string of the molecule is CNC(c1cc(C)ccc1C)c1occc1C.